The fourth-order valence-corrected chi connectivity index (χ4v) is 3.07. The maximum atomic E-state index is 13.1. The van der Waals surface area contributed by atoms with E-state index in [0.717, 1.165) is 18.9 Å². The zero-order valence-corrected chi connectivity index (χ0v) is 16.6. The summed E-state index contributed by atoms with van der Waals surface area (Å²) in [6, 6.07) is 8.66. The number of aromatic nitrogens is 5. The molecule has 0 spiro atoms. The van der Waals surface area contributed by atoms with Crippen molar-refractivity contribution in [3.8, 4) is 17.6 Å². The Morgan fingerprint density at radius 2 is 1.94 bits per heavy atom. The predicted octanol–water partition coefficient (Wildman–Crippen LogP) is 3.55. The molecule has 3 aromatic heterocycles. The quantitative estimate of drug-likeness (QED) is 0.590. The topological polar surface area (TPSA) is 122 Å². The highest BCUT2D eigenvalue weighted by molar-refractivity contribution is 5.62. The first-order valence-electron chi connectivity index (χ1n) is 9.70. The highest BCUT2D eigenvalue weighted by Crippen LogP contribution is 2.29. The lowest BCUT2D eigenvalue weighted by molar-refractivity contribution is -0.141. The molecule has 164 valence electrons. The Morgan fingerprint density at radius 3 is 2.69 bits per heavy atom. The smallest absolute Gasteiger partial charge is 0.376 e. The molecule has 1 aliphatic rings. The highest BCUT2D eigenvalue weighted by Gasteiger charge is 2.32. The van der Waals surface area contributed by atoms with Crippen LogP contribution in [0.25, 0.3) is 11.5 Å². The van der Waals surface area contributed by atoms with E-state index in [-0.39, 0.29) is 35.2 Å². The van der Waals surface area contributed by atoms with Crippen LogP contribution in [0.4, 0.5) is 30.8 Å². The molecule has 0 radical (unpaired) electrons. The van der Waals surface area contributed by atoms with E-state index < -0.39 is 11.9 Å². The van der Waals surface area contributed by atoms with Gasteiger partial charge in [-0.3, -0.25) is 0 Å². The van der Waals surface area contributed by atoms with E-state index in [4.69, 9.17) is 4.74 Å². The number of alkyl halides is 3. The number of nitrogens with zero attached hydrogens (tertiary/aromatic N) is 6. The minimum absolute atomic E-state index is 0.0122. The Morgan fingerprint density at radius 1 is 1.09 bits per heavy atom. The third kappa shape index (κ3) is 5.06. The van der Waals surface area contributed by atoms with Gasteiger partial charge >= 0.3 is 6.18 Å². The Bertz CT molecular complexity index is 1140. The van der Waals surface area contributed by atoms with Gasteiger partial charge in [0.2, 0.25) is 11.9 Å². The average Bonchev–Trinajstić information content (AvgIpc) is 3.31. The van der Waals surface area contributed by atoms with Crippen LogP contribution in [0.15, 0.2) is 36.5 Å². The molecule has 4 heterocycles. The van der Waals surface area contributed by atoms with E-state index in [0.29, 0.717) is 18.8 Å². The Kier molecular flexibility index (Phi) is 6.09. The summed E-state index contributed by atoms with van der Waals surface area (Å²) in [5.74, 6) is 0.0917. The van der Waals surface area contributed by atoms with Crippen LogP contribution in [0.3, 0.4) is 0 Å². The summed E-state index contributed by atoms with van der Waals surface area (Å²) >= 11 is 0. The molecule has 0 saturated carbocycles. The fourth-order valence-electron chi connectivity index (χ4n) is 3.07. The zero-order chi connectivity index (χ0) is 22.6. The predicted molar refractivity (Wildman–Crippen MR) is 108 cm³/mol. The summed E-state index contributed by atoms with van der Waals surface area (Å²) in [4.78, 5) is 20.3. The summed E-state index contributed by atoms with van der Waals surface area (Å²) < 4.78 is 44.9. The maximum Gasteiger partial charge on any atom is 0.433 e. The summed E-state index contributed by atoms with van der Waals surface area (Å²) in [5.41, 5.74) is -0.676. The monoisotopic (exact) mass is 442 g/mol. The van der Waals surface area contributed by atoms with Crippen molar-refractivity contribution in [1.82, 2.24) is 24.9 Å². The van der Waals surface area contributed by atoms with Crippen molar-refractivity contribution in [3.63, 3.8) is 0 Å². The van der Waals surface area contributed by atoms with Crippen LogP contribution in [0.5, 0.6) is 0 Å². The first-order chi connectivity index (χ1) is 15.4. The van der Waals surface area contributed by atoms with Crippen molar-refractivity contribution in [3.05, 3.63) is 47.9 Å². The van der Waals surface area contributed by atoms with Crippen molar-refractivity contribution in [2.24, 2.45) is 0 Å². The lowest BCUT2D eigenvalue weighted by Gasteiger charge is -2.13. The maximum absolute atomic E-state index is 13.1. The van der Waals surface area contributed by atoms with Crippen LogP contribution < -0.4 is 10.6 Å². The van der Waals surface area contributed by atoms with Crippen LogP contribution in [0.1, 0.15) is 24.2 Å². The molecular weight excluding hydrogens is 425 g/mol. The summed E-state index contributed by atoms with van der Waals surface area (Å²) in [6.45, 7) is 1.10. The number of anilines is 3. The summed E-state index contributed by atoms with van der Waals surface area (Å²) in [7, 11) is 0. The molecule has 9 nitrogen and oxygen atoms in total. The van der Waals surface area contributed by atoms with Crippen LogP contribution in [0, 0.1) is 11.3 Å². The van der Waals surface area contributed by atoms with Gasteiger partial charge in [0, 0.05) is 19.3 Å². The number of hydrogen-bond acceptors (Lipinski definition) is 9. The molecule has 0 aliphatic carbocycles. The third-order valence-corrected chi connectivity index (χ3v) is 4.58. The molecule has 3 aromatic rings. The normalized spacial score (nSPS) is 15.9. The Balaban J connectivity index is 1.69. The number of nitrogens with one attached hydrogen (secondary N) is 2. The van der Waals surface area contributed by atoms with Crippen molar-refractivity contribution < 1.29 is 17.9 Å². The summed E-state index contributed by atoms with van der Waals surface area (Å²) in [5, 5.41) is 15.2. The van der Waals surface area contributed by atoms with E-state index >= 15 is 0 Å². The minimum Gasteiger partial charge on any atom is -0.376 e. The van der Waals surface area contributed by atoms with Gasteiger partial charge in [-0.05, 0) is 37.1 Å². The van der Waals surface area contributed by atoms with Gasteiger partial charge in [0.05, 0.1) is 11.8 Å². The van der Waals surface area contributed by atoms with Crippen molar-refractivity contribution in [2.75, 3.05) is 23.8 Å². The number of ether oxygens (including phenoxy) is 1. The standard InChI is InChI=1S/C20H17F3N8O/c21-20(22,23)16-7-1-5-14(27-16)17-29-18(26-11-12-4-3-9-32-12)31-19(30-17)28-13-6-2-8-25-15(13)10-24/h1-2,5-8,12H,3-4,9,11H2,(H2,26,28,29,30,31). The number of pyridine rings is 2. The molecule has 1 fully saturated rings. The fraction of sp³-hybridized carbons (Fsp3) is 0.300. The van der Waals surface area contributed by atoms with E-state index in [1.54, 1.807) is 12.1 Å². The van der Waals surface area contributed by atoms with Gasteiger partial charge in [0.25, 0.3) is 0 Å². The van der Waals surface area contributed by atoms with Crippen LogP contribution in [0.2, 0.25) is 0 Å². The van der Waals surface area contributed by atoms with E-state index in [1.807, 2.05) is 6.07 Å². The van der Waals surface area contributed by atoms with Gasteiger partial charge in [-0.1, -0.05) is 6.07 Å². The zero-order valence-electron chi connectivity index (χ0n) is 16.6. The largest absolute Gasteiger partial charge is 0.433 e. The van der Waals surface area contributed by atoms with Gasteiger partial charge < -0.3 is 15.4 Å². The number of halogens is 3. The lowest BCUT2D eigenvalue weighted by Crippen LogP contribution is -2.20. The molecule has 32 heavy (non-hydrogen) atoms. The number of nitriles is 1. The Labute approximate surface area is 180 Å². The van der Waals surface area contributed by atoms with Crippen molar-refractivity contribution in [1.29, 1.82) is 5.26 Å². The number of hydrogen-bond donors (Lipinski definition) is 2. The third-order valence-electron chi connectivity index (χ3n) is 4.58. The molecule has 1 unspecified atom stereocenters. The van der Waals surface area contributed by atoms with E-state index in [2.05, 4.69) is 35.6 Å². The molecule has 2 N–H and O–H groups in total. The van der Waals surface area contributed by atoms with Crippen molar-refractivity contribution in [2.45, 2.75) is 25.1 Å². The molecule has 1 saturated heterocycles. The Hall–Kier alpha value is -3.85. The SMILES string of the molecule is N#Cc1ncccc1Nc1nc(NCC2CCCO2)nc(-c2cccc(C(F)(F)F)n2)n1. The molecular formula is C20H17F3N8O. The van der Waals surface area contributed by atoms with Crippen LogP contribution in [-0.2, 0) is 10.9 Å². The molecule has 1 atom stereocenters. The van der Waals surface area contributed by atoms with Crippen LogP contribution >= 0.6 is 0 Å². The second-order valence-electron chi connectivity index (χ2n) is 6.86. The lowest BCUT2D eigenvalue weighted by atomic mass is 10.2. The number of rotatable bonds is 6. The van der Waals surface area contributed by atoms with Gasteiger partial charge in [-0.2, -0.15) is 33.4 Å². The molecule has 1 aliphatic heterocycles. The van der Waals surface area contributed by atoms with Crippen molar-refractivity contribution >= 4 is 17.6 Å². The van der Waals surface area contributed by atoms with Gasteiger partial charge in [-0.25, -0.2) is 9.97 Å². The molecule has 0 bridgehead atoms. The molecule has 0 aromatic carbocycles. The molecule has 12 heteroatoms. The highest BCUT2D eigenvalue weighted by atomic mass is 19.4. The first kappa shape index (κ1) is 21.4. The second-order valence-corrected chi connectivity index (χ2v) is 6.86. The van der Waals surface area contributed by atoms with Gasteiger partial charge in [0.1, 0.15) is 17.5 Å². The summed E-state index contributed by atoms with van der Waals surface area (Å²) in [6.07, 6.45) is -1.33. The van der Waals surface area contributed by atoms with Gasteiger partial charge in [0.15, 0.2) is 11.5 Å². The average molecular weight is 442 g/mol. The van der Waals surface area contributed by atoms with Crippen LogP contribution in [-0.4, -0.2) is 44.2 Å². The molecule has 0 amide bonds. The minimum atomic E-state index is -4.61. The van der Waals surface area contributed by atoms with Gasteiger partial charge in [-0.15, -0.1) is 0 Å². The molecule has 4 rings (SSSR count). The van der Waals surface area contributed by atoms with E-state index in [1.165, 1.54) is 18.3 Å². The first-order valence-corrected chi connectivity index (χ1v) is 9.70. The van der Waals surface area contributed by atoms with E-state index in [9.17, 15) is 18.4 Å². The second kappa shape index (κ2) is 9.11.